The quantitative estimate of drug-likeness (QED) is 0.609. The summed E-state index contributed by atoms with van der Waals surface area (Å²) in [5.74, 6) is 0.693. The van der Waals surface area contributed by atoms with E-state index in [1.54, 1.807) is 35.3 Å². The smallest absolute Gasteiger partial charge is 0.248 e. The van der Waals surface area contributed by atoms with Gasteiger partial charge in [0, 0.05) is 6.08 Å². The van der Waals surface area contributed by atoms with Crippen molar-refractivity contribution in [2.24, 2.45) is 0 Å². The summed E-state index contributed by atoms with van der Waals surface area (Å²) >= 11 is 6.24. The van der Waals surface area contributed by atoms with Gasteiger partial charge < -0.3 is 14.8 Å². The van der Waals surface area contributed by atoms with Crippen LogP contribution in [-0.2, 0) is 4.79 Å². The molecular weight excluding hydrogens is 380 g/mol. The summed E-state index contributed by atoms with van der Waals surface area (Å²) in [4.78, 5) is 16.3. The first kappa shape index (κ1) is 19.4. The molecule has 0 saturated heterocycles. The highest BCUT2D eigenvalue weighted by Crippen LogP contribution is 2.36. The number of hydrogen-bond donors (Lipinski definition) is 1. The molecule has 1 heterocycles. The van der Waals surface area contributed by atoms with E-state index < -0.39 is 0 Å². The Labute approximate surface area is 167 Å². The Kier molecular flexibility index (Phi) is 6.29. The molecule has 1 aromatic heterocycles. The molecule has 0 bridgehead atoms. The molecule has 8 heteroatoms. The Bertz CT molecular complexity index is 987. The highest BCUT2D eigenvalue weighted by molar-refractivity contribution is 6.32. The van der Waals surface area contributed by atoms with E-state index in [4.69, 9.17) is 21.1 Å². The molecule has 28 heavy (non-hydrogen) atoms. The van der Waals surface area contributed by atoms with Crippen LogP contribution >= 0.6 is 11.6 Å². The van der Waals surface area contributed by atoms with Crippen molar-refractivity contribution in [3.8, 4) is 17.2 Å². The predicted octanol–water partition coefficient (Wildman–Crippen LogP) is 3.98. The maximum atomic E-state index is 12.4. The number of amides is 1. The molecule has 144 valence electrons. The number of carbonyl (C=O) groups is 1. The van der Waals surface area contributed by atoms with Gasteiger partial charge in [-0.1, -0.05) is 23.7 Å². The lowest BCUT2D eigenvalue weighted by molar-refractivity contribution is -0.111. The second-order valence-electron chi connectivity index (χ2n) is 5.65. The van der Waals surface area contributed by atoms with Crippen LogP contribution in [0.3, 0.4) is 0 Å². The fourth-order valence-corrected chi connectivity index (χ4v) is 2.90. The largest absolute Gasteiger partial charge is 0.491 e. The molecule has 0 saturated carbocycles. The van der Waals surface area contributed by atoms with Gasteiger partial charge in [0.25, 0.3) is 0 Å². The molecule has 0 aliphatic heterocycles. The average molecular weight is 399 g/mol. The van der Waals surface area contributed by atoms with Crippen molar-refractivity contribution in [2.45, 2.75) is 6.92 Å². The summed E-state index contributed by atoms with van der Waals surface area (Å²) in [7, 11) is 1.53. The van der Waals surface area contributed by atoms with Crippen LogP contribution in [0.1, 0.15) is 12.5 Å². The predicted molar refractivity (Wildman–Crippen MR) is 108 cm³/mol. The van der Waals surface area contributed by atoms with E-state index in [0.717, 1.165) is 0 Å². The summed E-state index contributed by atoms with van der Waals surface area (Å²) in [5, 5.41) is 7.35. The highest BCUT2D eigenvalue weighted by Gasteiger charge is 2.11. The normalized spacial score (nSPS) is 10.8. The summed E-state index contributed by atoms with van der Waals surface area (Å²) in [5.41, 5.74) is 2.05. The molecule has 0 atom stereocenters. The summed E-state index contributed by atoms with van der Waals surface area (Å²) in [6, 6.07) is 10.8. The Hall–Kier alpha value is -3.32. The second kappa shape index (κ2) is 9.05. The molecule has 7 nitrogen and oxygen atoms in total. The zero-order valence-corrected chi connectivity index (χ0v) is 16.2. The fourth-order valence-electron chi connectivity index (χ4n) is 2.60. The minimum atomic E-state index is -0.294. The van der Waals surface area contributed by atoms with Crippen molar-refractivity contribution in [1.29, 1.82) is 0 Å². The SMILES string of the molecule is CCOc1cc(C=CC(=O)Nc2ccccc2-n2cncn2)cc(Cl)c1OC. The number of aromatic nitrogens is 3. The molecule has 0 radical (unpaired) electrons. The first-order valence-corrected chi connectivity index (χ1v) is 8.93. The van der Waals surface area contributed by atoms with Crippen LogP contribution in [0, 0.1) is 0 Å². The van der Waals surface area contributed by atoms with Gasteiger partial charge in [0.15, 0.2) is 11.5 Å². The van der Waals surface area contributed by atoms with E-state index in [0.29, 0.717) is 40.1 Å². The molecule has 2 aromatic carbocycles. The summed E-state index contributed by atoms with van der Waals surface area (Å²) in [6.07, 6.45) is 6.07. The van der Waals surface area contributed by atoms with E-state index in [1.807, 2.05) is 25.1 Å². The van der Waals surface area contributed by atoms with Crippen LogP contribution in [0.4, 0.5) is 5.69 Å². The van der Waals surface area contributed by atoms with E-state index in [-0.39, 0.29) is 5.91 Å². The van der Waals surface area contributed by atoms with Crippen LogP contribution in [0.5, 0.6) is 11.5 Å². The second-order valence-corrected chi connectivity index (χ2v) is 6.05. The summed E-state index contributed by atoms with van der Waals surface area (Å²) in [6.45, 7) is 2.34. The van der Waals surface area contributed by atoms with Gasteiger partial charge >= 0.3 is 0 Å². The lowest BCUT2D eigenvalue weighted by Crippen LogP contribution is -2.10. The number of hydrogen-bond acceptors (Lipinski definition) is 5. The van der Waals surface area contributed by atoms with Gasteiger partial charge in [0.1, 0.15) is 12.7 Å². The average Bonchev–Trinajstić information content (AvgIpc) is 3.21. The molecule has 1 amide bonds. The van der Waals surface area contributed by atoms with Crippen molar-refractivity contribution >= 4 is 29.3 Å². The van der Waals surface area contributed by atoms with Gasteiger partial charge in [0.05, 0.1) is 30.1 Å². The van der Waals surface area contributed by atoms with E-state index in [1.165, 1.54) is 19.5 Å². The molecule has 0 aliphatic carbocycles. The van der Waals surface area contributed by atoms with Crippen LogP contribution in [0.2, 0.25) is 5.02 Å². The van der Waals surface area contributed by atoms with Crippen LogP contribution in [0.15, 0.2) is 55.1 Å². The lowest BCUT2D eigenvalue weighted by Gasteiger charge is -2.12. The third kappa shape index (κ3) is 4.50. The van der Waals surface area contributed by atoms with Crippen LogP contribution < -0.4 is 14.8 Å². The third-order valence-corrected chi connectivity index (χ3v) is 4.07. The summed E-state index contributed by atoms with van der Waals surface area (Å²) < 4.78 is 12.4. The van der Waals surface area contributed by atoms with E-state index >= 15 is 0 Å². The Morgan fingerprint density at radius 3 is 2.86 bits per heavy atom. The van der Waals surface area contributed by atoms with Crippen molar-refractivity contribution in [3.63, 3.8) is 0 Å². The number of carbonyl (C=O) groups excluding carboxylic acids is 1. The molecule has 0 fully saturated rings. The first-order valence-electron chi connectivity index (χ1n) is 8.55. The first-order chi connectivity index (χ1) is 13.6. The Morgan fingerprint density at radius 1 is 1.32 bits per heavy atom. The monoisotopic (exact) mass is 398 g/mol. The number of ether oxygens (including phenoxy) is 2. The molecule has 0 unspecified atom stereocenters. The Morgan fingerprint density at radius 2 is 2.14 bits per heavy atom. The van der Waals surface area contributed by atoms with E-state index in [2.05, 4.69) is 15.4 Å². The number of nitrogens with one attached hydrogen (secondary N) is 1. The topological polar surface area (TPSA) is 78.3 Å². The number of benzene rings is 2. The fraction of sp³-hybridized carbons (Fsp3) is 0.150. The molecular formula is C20H19ClN4O3. The van der Waals surface area contributed by atoms with Gasteiger partial charge in [0.2, 0.25) is 5.91 Å². The number of nitrogens with zero attached hydrogens (tertiary/aromatic N) is 3. The van der Waals surface area contributed by atoms with Gasteiger partial charge in [-0.05, 0) is 42.8 Å². The van der Waals surface area contributed by atoms with Gasteiger partial charge in [-0.2, -0.15) is 5.10 Å². The van der Waals surface area contributed by atoms with Gasteiger partial charge in [-0.15, -0.1) is 0 Å². The van der Waals surface area contributed by atoms with Crippen molar-refractivity contribution in [2.75, 3.05) is 19.0 Å². The number of rotatable bonds is 7. The minimum absolute atomic E-state index is 0.294. The lowest BCUT2D eigenvalue weighted by atomic mass is 10.2. The number of anilines is 1. The van der Waals surface area contributed by atoms with Gasteiger partial charge in [-0.25, -0.2) is 9.67 Å². The Balaban J connectivity index is 1.78. The van der Waals surface area contributed by atoms with Crippen molar-refractivity contribution in [3.05, 3.63) is 65.7 Å². The number of para-hydroxylation sites is 2. The maximum absolute atomic E-state index is 12.4. The highest BCUT2D eigenvalue weighted by atomic mass is 35.5. The van der Waals surface area contributed by atoms with Crippen molar-refractivity contribution in [1.82, 2.24) is 14.8 Å². The van der Waals surface area contributed by atoms with Crippen LogP contribution in [-0.4, -0.2) is 34.4 Å². The zero-order chi connectivity index (χ0) is 19.9. The molecule has 0 spiro atoms. The van der Waals surface area contributed by atoms with Crippen LogP contribution in [0.25, 0.3) is 11.8 Å². The number of halogens is 1. The standard InChI is InChI=1S/C20H19ClN4O3/c1-3-28-18-11-14(10-15(21)20(18)27-2)8-9-19(26)24-16-6-4-5-7-17(16)25-13-22-12-23-25/h4-13H,3H2,1-2H3,(H,24,26). The molecule has 3 rings (SSSR count). The number of methoxy groups -OCH3 is 1. The van der Waals surface area contributed by atoms with Gasteiger partial charge in [-0.3, -0.25) is 4.79 Å². The molecule has 0 aliphatic rings. The third-order valence-electron chi connectivity index (χ3n) is 3.79. The molecule has 3 aromatic rings. The molecule has 1 N–H and O–H groups in total. The maximum Gasteiger partial charge on any atom is 0.248 e. The zero-order valence-electron chi connectivity index (χ0n) is 15.4. The van der Waals surface area contributed by atoms with E-state index in [9.17, 15) is 4.79 Å². The minimum Gasteiger partial charge on any atom is -0.491 e. The van der Waals surface area contributed by atoms with Crippen molar-refractivity contribution < 1.29 is 14.3 Å².